The third-order valence-electron chi connectivity index (χ3n) is 5.23. The van der Waals surface area contributed by atoms with E-state index in [1.165, 1.54) is 10.6 Å². The van der Waals surface area contributed by atoms with Gasteiger partial charge >= 0.3 is 0 Å². The monoisotopic (exact) mass is 456 g/mol. The van der Waals surface area contributed by atoms with E-state index in [9.17, 15) is 18.0 Å². The number of hydrogen-bond acceptors (Lipinski definition) is 8. The number of morpholine rings is 1. The third-order valence-corrected chi connectivity index (χ3v) is 8.45. The second kappa shape index (κ2) is 8.71. The van der Waals surface area contributed by atoms with Crippen molar-refractivity contribution >= 4 is 37.5 Å². The average molecular weight is 457 g/mol. The summed E-state index contributed by atoms with van der Waals surface area (Å²) in [6, 6.07) is 0. The van der Waals surface area contributed by atoms with Gasteiger partial charge in [-0.2, -0.15) is 4.31 Å². The molecule has 2 aromatic rings. The molecule has 4 heterocycles. The Bertz CT molecular complexity index is 1100. The van der Waals surface area contributed by atoms with Gasteiger partial charge in [0.25, 0.3) is 5.56 Å². The van der Waals surface area contributed by atoms with E-state index in [0.29, 0.717) is 36.1 Å². The first-order valence-electron chi connectivity index (χ1n) is 9.82. The SMILES string of the molecule is Cc1sc2ncn(CC(=O)NCC3CCCO3)c(=O)c2c1S(=O)(=O)N1CCOCC1. The van der Waals surface area contributed by atoms with E-state index < -0.39 is 15.6 Å². The lowest BCUT2D eigenvalue weighted by molar-refractivity contribution is -0.122. The lowest BCUT2D eigenvalue weighted by Crippen LogP contribution is -2.41. The van der Waals surface area contributed by atoms with Gasteiger partial charge < -0.3 is 14.8 Å². The van der Waals surface area contributed by atoms with E-state index in [0.717, 1.165) is 28.7 Å². The molecule has 12 heteroatoms. The van der Waals surface area contributed by atoms with Crippen molar-refractivity contribution in [1.29, 1.82) is 0 Å². The van der Waals surface area contributed by atoms with Crippen molar-refractivity contribution in [2.24, 2.45) is 0 Å². The van der Waals surface area contributed by atoms with E-state index in [2.05, 4.69) is 10.3 Å². The summed E-state index contributed by atoms with van der Waals surface area (Å²) >= 11 is 1.16. The molecule has 2 aliphatic rings. The highest BCUT2D eigenvalue weighted by Crippen LogP contribution is 2.33. The van der Waals surface area contributed by atoms with Gasteiger partial charge in [-0.3, -0.25) is 14.2 Å². The minimum absolute atomic E-state index is 0.00364. The van der Waals surface area contributed by atoms with Gasteiger partial charge in [0.1, 0.15) is 16.3 Å². The maximum Gasteiger partial charge on any atom is 0.263 e. The van der Waals surface area contributed by atoms with Gasteiger partial charge in [0.15, 0.2) is 0 Å². The second-order valence-electron chi connectivity index (χ2n) is 7.30. The fourth-order valence-corrected chi connectivity index (χ4v) is 6.77. The quantitative estimate of drug-likeness (QED) is 0.654. The lowest BCUT2D eigenvalue weighted by atomic mass is 10.2. The molecule has 10 nitrogen and oxygen atoms in total. The van der Waals surface area contributed by atoms with Crippen LogP contribution in [-0.4, -0.2) is 73.7 Å². The molecule has 0 saturated carbocycles. The van der Waals surface area contributed by atoms with Gasteiger partial charge in [-0.1, -0.05) is 0 Å². The summed E-state index contributed by atoms with van der Waals surface area (Å²) < 4.78 is 39.6. The van der Waals surface area contributed by atoms with Crippen LogP contribution in [0.4, 0.5) is 0 Å². The Morgan fingerprint density at radius 3 is 2.80 bits per heavy atom. The number of carbonyl (C=O) groups excluding carboxylic acids is 1. The van der Waals surface area contributed by atoms with Crippen LogP contribution in [-0.2, 0) is 30.8 Å². The summed E-state index contributed by atoms with van der Waals surface area (Å²) in [5, 5.41) is 2.80. The Labute approximate surface area is 177 Å². The number of nitrogens with zero attached hydrogens (tertiary/aromatic N) is 3. The van der Waals surface area contributed by atoms with E-state index in [4.69, 9.17) is 9.47 Å². The number of amides is 1. The van der Waals surface area contributed by atoms with Gasteiger partial charge in [-0.25, -0.2) is 13.4 Å². The Morgan fingerprint density at radius 1 is 1.33 bits per heavy atom. The summed E-state index contributed by atoms with van der Waals surface area (Å²) in [6.45, 7) is 3.61. The van der Waals surface area contributed by atoms with Crippen molar-refractivity contribution in [1.82, 2.24) is 19.2 Å². The van der Waals surface area contributed by atoms with E-state index >= 15 is 0 Å². The molecule has 2 aliphatic heterocycles. The number of fused-ring (bicyclic) bond motifs is 1. The predicted molar refractivity (Wildman–Crippen MR) is 110 cm³/mol. The first-order valence-corrected chi connectivity index (χ1v) is 12.1. The molecule has 2 fully saturated rings. The molecule has 0 aromatic carbocycles. The van der Waals surface area contributed by atoms with Crippen LogP contribution in [0.3, 0.4) is 0 Å². The third kappa shape index (κ3) is 4.14. The molecular formula is C18H24N4O6S2. The van der Waals surface area contributed by atoms with E-state index in [-0.39, 0.29) is 41.9 Å². The maximum absolute atomic E-state index is 13.2. The van der Waals surface area contributed by atoms with Crippen molar-refractivity contribution in [2.45, 2.75) is 37.3 Å². The molecule has 2 saturated heterocycles. The normalized spacial score (nSPS) is 20.6. The Hall–Kier alpha value is -1.86. The summed E-state index contributed by atoms with van der Waals surface area (Å²) in [5.41, 5.74) is -0.538. The Balaban J connectivity index is 1.62. The predicted octanol–water partition coefficient (Wildman–Crippen LogP) is 0.0825. The minimum Gasteiger partial charge on any atom is -0.379 e. The van der Waals surface area contributed by atoms with Crippen LogP contribution in [0.1, 0.15) is 17.7 Å². The molecule has 0 bridgehead atoms. The molecule has 30 heavy (non-hydrogen) atoms. The number of hydrogen-bond donors (Lipinski definition) is 1. The molecule has 0 aliphatic carbocycles. The smallest absolute Gasteiger partial charge is 0.263 e. The van der Waals surface area contributed by atoms with Gasteiger partial charge in [-0.15, -0.1) is 11.3 Å². The standard InChI is InChI=1S/C18H24N4O6S2/c1-12-16(30(25,26)22-4-7-27-8-5-22)15-17(29-12)20-11-21(18(15)24)10-14(23)19-9-13-3-2-6-28-13/h11,13H,2-10H2,1H3,(H,19,23). The van der Waals surface area contributed by atoms with Crippen LogP contribution in [0, 0.1) is 6.92 Å². The number of aromatic nitrogens is 2. The fraction of sp³-hybridized carbons (Fsp3) is 0.611. The Morgan fingerprint density at radius 2 is 2.10 bits per heavy atom. The van der Waals surface area contributed by atoms with Gasteiger partial charge in [0.2, 0.25) is 15.9 Å². The number of rotatable bonds is 6. The number of nitrogens with one attached hydrogen (secondary N) is 1. The highest BCUT2D eigenvalue weighted by molar-refractivity contribution is 7.89. The van der Waals surface area contributed by atoms with Crippen molar-refractivity contribution < 1.29 is 22.7 Å². The van der Waals surface area contributed by atoms with Gasteiger partial charge in [0.05, 0.1) is 31.0 Å². The number of thiophene rings is 1. The summed E-state index contributed by atoms with van der Waals surface area (Å²) in [4.78, 5) is 30.5. The topological polar surface area (TPSA) is 120 Å². The van der Waals surface area contributed by atoms with Crippen LogP contribution in [0.2, 0.25) is 0 Å². The zero-order valence-corrected chi connectivity index (χ0v) is 18.3. The molecule has 164 valence electrons. The molecule has 4 rings (SSSR count). The highest BCUT2D eigenvalue weighted by atomic mass is 32.2. The number of carbonyl (C=O) groups is 1. The summed E-state index contributed by atoms with van der Waals surface area (Å²) in [5.74, 6) is -0.349. The van der Waals surface area contributed by atoms with E-state index in [1.54, 1.807) is 6.92 Å². The maximum atomic E-state index is 13.2. The minimum atomic E-state index is -3.87. The first-order chi connectivity index (χ1) is 14.4. The van der Waals surface area contributed by atoms with E-state index in [1.807, 2.05) is 0 Å². The van der Waals surface area contributed by atoms with Gasteiger partial charge in [0, 0.05) is 31.1 Å². The molecule has 0 radical (unpaired) electrons. The molecule has 1 unspecified atom stereocenters. The summed E-state index contributed by atoms with van der Waals surface area (Å²) in [7, 11) is -3.87. The fourth-order valence-electron chi connectivity index (χ4n) is 3.70. The van der Waals surface area contributed by atoms with Crippen molar-refractivity contribution in [3.05, 3.63) is 21.6 Å². The van der Waals surface area contributed by atoms with Crippen LogP contribution in [0.5, 0.6) is 0 Å². The van der Waals surface area contributed by atoms with Crippen LogP contribution < -0.4 is 10.9 Å². The number of sulfonamides is 1. The lowest BCUT2D eigenvalue weighted by Gasteiger charge is -2.26. The molecule has 1 N–H and O–H groups in total. The largest absolute Gasteiger partial charge is 0.379 e. The Kier molecular flexibility index (Phi) is 6.21. The molecule has 1 amide bonds. The van der Waals surface area contributed by atoms with Crippen LogP contribution in [0.25, 0.3) is 10.2 Å². The summed E-state index contributed by atoms with van der Waals surface area (Å²) in [6.07, 6.45) is 3.15. The molecule has 2 aromatic heterocycles. The van der Waals surface area contributed by atoms with Crippen molar-refractivity contribution in [3.8, 4) is 0 Å². The zero-order chi connectivity index (χ0) is 21.3. The zero-order valence-electron chi connectivity index (χ0n) is 16.6. The number of aryl methyl sites for hydroxylation is 1. The number of ether oxygens (including phenoxy) is 2. The second-order valence-corrected chi connectivity index (χ2v) is 10.4. The van der Waals surface area contributed by atoms with Crippen LogP contribution >= 0.6 is 11.3 Å². The van der Waals surface area contributed by atoms with Crippen LogP contribution in [0.15, 0.2) is 16.0 Å². The first kappa shape index (κ1) is 21.4. The molecular weight excluding hydrogens is 432 g/mol. The van der Waals surface area contributed by atoms with Gasteiger partial charge in [-0.05, 0) is 19.8 Å². The van der Waals surface area contributed by atoms with Crippen molar-refractivity contribution in [2.75, 3.05) is 39.5 Å². The molecule has 0 spiro atoms. The average Bonchev–Trinajstić information content (AvgIpc) is 3.37. The highest BCUT2D eigenvalue weighted by Gasteiger charge is 2.32. The van der Waals surface area contributed by atoms with Crippen molar-refractivity contribution in [3.63, 3.8) is 0 Å². The molecule has 1 atom stereocenters.